The van der Waals surface area contributed by atoms with E-state index >= 15 is 0 Å². The molecule has 0 fully saturated rings. The van der Waals surface area contributed by atoms with Crippen molar-refractivity contribution in [1.29, 1.82) is 0 Å². The molecule has 102 valence electrons. The molecule has 1 N–H and O–H groups in total. The normalized spacial score (nSPS) is 11.2. The third kappa shape index (κ3) is 6.12. The molecule has 0 saturated carbocycles. The molecule has 0 aliphatic rings. The second kappa shape index (κ2) is 7.48. The smallest absolute Gasteiger partial charge is 0.226 e. The first-order chi connectivity index (χ1) is 8.47. The summed E-state index contributed by atoms with van der Waals surface area (Å²) in [5.41, 5.74) is 0.874. The molecule has 0 radical (unpaired) electrons. The monoisotopic (exact) mass is 269 g/mol. The quantitative estimate of drug-likeness (QED) is 0.822. The fourth-order valence-corrected chi connectivity index (χ4v) is 2.41. The van der Waals surface area contributed by atoms with Gasteiger partial charge in [0.25, 0.3) is 0 Å². The highest BCUT2D eigenvalue weighted by Gasteiger charge is 2.08. The maximum Gasteiger partial charge on any atom is 0.226 e. The third-order valence-electron chi connectivity index (χ3n) is 2.44. The number of amides is 1. The highest BCUT2D eigenvalue weighted by atomic mass is 32.1. The number of nitrogens with one attached hydrogen (secondary N) is 1. The van der Waals surface area contributed by atoms with Crippen LogP contribution in [0.5, 0.6) is 0 Å². The molecule has 1 heterocycles. The van der Waals surface area contributed by atoms with Gasteiger partial charge in [-0.15, -0.1) is 11.3 Å². The molecule has 5 heteroatoms. The van der Waals surface area contributed by atoms with Crippen molar-refractivity contribution in [2.45, 2.75) is 33.2 Å². The van der Waals surface area contributed by atoms with Crippen LogP contribution in [0.2, 0.25) is 0 Å². The Hall–Kier alpha value is -0.940. The third-order valence-corrected chi connectivity index (χ3v) is 3.32. The highest BCUT2D eigenvalue weighted by molar-refractivity contribution is 7.09. The van der Waals surface area contributed by atoms with Crippen molar-refractivity contribution < 1.29 is 4.79 Å². The van der Waals surface area contributed by atoms with E-state index in [1.165, 1.54) is 0 Å². The molecule has 0 aliphatic carbocycles. The molecule has 0 saturated heterocycles. The maximum atomic E-state index is 11.7. The van der Waals surface area contributed by atoms with E-state index < -0.39 is 0 Å². The number of hydrogen-bond donors (Lipinski definition) is 1. The average Bonchev–Trinajstić information content (AvgIpc) is 2.63. The molecule has 0 bridgehead atoms. The molecule has 0 aliphatic heterocycles. The van der Waals surface area contributed by atoms with Crippen molar-refractivity contribution >= 4 is 17.2 Å². The van der Waals surface area contributed by atoms with Crippen molar-refractivity contribution in [3.8, 4) is 0 Å². The van der Waals surface area contributed by atoms with E-state index in [2.05, 4.69) is 29.0 Å². The molecular formula is C13H23N3OS. The van der Waals surface area contributed by atoms with Crippen LogP contribution in [-0.4, -0.2) is 36.4 Å². The SMILES string of the molecule is CC(C)CCNC(=O)Cc1csc(CN(C)C)n1. The molecule has 4 nitrogen and oxygen atoms in total. The van der Waals surface area contributed by atoms with E-state index in [9.17, 15) is 4.79 Å². The molecule has 18 heavy (non-hydrogen) atoms. The molecule has 0 spiro atoms. The number of thiazole rings is 1. The summed E-state index contributed by atoms with van der Waals surface area (Å²) in [6.45, 7) is 5.89. The Bertz CT molecular complexity index is 374. The van der Waals surface area contributed by atoms with Gasteiger partial charge in [0.2, 0.25) is 5.91 Å². The van der Waals surface area contributed by atoms with Gasteiger partial charge < -0.3 is 10.2 Å². The van der Waals surface area contributed by atoms with Gasteiger partial charge in [-0.25, -0.2) is 4.98 Å². The first-order valence-corrected chi connectivity index (χ1v) is 7.20. The van der Waals surface area contributed by atoms with Gasteiger partial charge in [-0.3, -0.25) is 4.79 Å². The van der Waals surface area contributed by atoms with Gasteiger partial charge in [-0.1, -0.05) is 13.8 Å². The number of aromatic nitrogens is 1. The largest absolute Gasteiger partial charge is 0.356 e. The number of carbonyl (C=O) groups is 1. The molecule has 1 aromatic heterocycles. The van der Waals surface area contributed by atoms with Crippen LogP contribution >= 0.6 is 11.3 Å². The zero-order valence-corrected chi connectivity index (χ0v) is 12.5. The fourth-order valence-electron chi connectivity index (χ4n) is 1.50. The van der Waals surface area contributed by atoms with Crippen molar-refractivity contribution in [2.24, 2.45) is 5.92 Å². The van der Waals surface area contributed by atoms with Crippen LogP contribution < -0.4 is 5.32 Å². The van der Waals surface area contributed by atoms with Crippen molar-refractivity contribution in [3.05, 3.63) is 16.1 Å². The van der Waals surface area contributed by atoms with Gasteiger partial charge in [0.05, 0.1) is 12.1 Å². The van der Waals surface area contributed by atoms with Crippen molar-refractivity contribution in [2.75, 3.05) is 20.6 Å². The number of carbonyl (C=O) groups excluding carboxylic acids is 1. The number of nitrogens with zero attached hydrogens (tertiary/aromatic N) is 2. The van der Waals surface area contributed by atoms with Crippen LogP contribution in [0.3, 0.4) is 0 Å². The predicted molar refractivity (Wildman–Crippen MR) is 75.7 cm³/mol. The summed E-state index contributed by atoms with van der Waals surface area (Å²) in [4.78, 5) is 18.2. The fraction of sp³-hybridized carbons (Fsp3) is 0.692. The summed E-state index contributed by atoms with van der Waals surface area (Å²) in [6, 6.07) is 0. The van der Waals surface area contributed by atoms with Gasteiger partial charge in [-0.05, 0) is 26.4 Å². The second-order valence-corrected chi connectivity index (χ2v) is 6.12. The van der Waals surface area contributed by atoms with Crippen LogP contribution in [0.4, 0.5) is 0 Å². The Kier molecular flexibility index (Phi) is 6.29. The van der Waals surface area contributed by atoms with Crippen LogP contribution in [-0.2, 0) is 17.8 Å². The number of hydrogen-bond acceptors (Lipinski definition) is 4. The van der Waals surface area contributed by atoms with E-state index in [-0.39, 0.29) is 5.91 Å². The topological polar surface area (TPSA) is 45.2 Å². The lowest BCUT2D eigenvalue weighted by molar-refractivity contribution is -0.120. The van der Waals surface area contributed by atoms with Crippen molar-refractivity contribution in [3.63, 3.8) is 0 Å². The highest BCUT2D eigenvalue weighted by Crippen LogP contribution is 2.11. The summed E-state index contributed by atoms with van der Waals surface area (Å²) < 4.78 is 0. The zero-order chi connectivity index (χ0) is 13.5. The molecule has 1 amide bonds. The maximum absolute atomic E-state index is 11.7. The van der Waals surface area contributed by atoms with E-state index in [1.807, 2.05) is 19.5 Å². The van der Waals surface area contributed by atoms with Gasteiger partial charge in [0.1, 0.15) is 5.01 Å². The van der Waals surface area contributed by atoms with Crippen LogP contribution in [0.25, 0.3) is 0 Å². The minimum atomic E-state index is 0.0670. The van der Waals surface area contributed by atoms with E-state index in [0.29, 0.717) is 12.3 Å². The lowest BCUT2D eigenvalue weighted by Gasteiger charge is -2.06. The molecule has 1 aromatic rings. The minimum absolute atomic E-state index is 0.0670. The summed E-state index contributed by atoms with van der Waals surface area (Å²) >= 11 is 1.62. The Morgan fingerprint density at radius 2 is 2.22 bits per heavy atom. The predicted octanol–water partition coefficient (Wildman–Crippen LogP) is 1.91. The lowest BCUT2D eigenvalue weighted by atomic mass is 10.1. The van der Waals surface area contributed by atoms with E-state index in [1.54, 1.807) is 11.3 Å². The Balaban J connectivity index is 2.33. The molecule has 1 rings (SSSR count). The standard InChI is InChI=1S/C13H23N3OS/c1-10(2)5-6-14-12(17)7-11-9-18-13(15-11)8-16(3)4/h9-10H,5-8H2,1-4H3,(H,14,17). The van der Waals surface area contributed by atoms with E-state index in [0.717, 1.165) is 30.2 Å². The summed E-state index contributed by atoms with van der Waals surface area (Å²) in [5, 5.41) is 5.96. The Morgan fingerprint density at radius 1 is 1.50 bits per heavy atom. The minimum Gasteiger partial charge on any atom is -0.356 e. The van der Waals surface area contributed by atoms with Crippen LogP contribution in [0.1, 0.15) is 31.0 Å². The van der Waals surface area contributed by atoms with Gasteiger partial charge in [0, 0.05) is 18.5 Å². The Labute approximate surface area is 113 Å². The van der Waals surface area contributed by atoms with Crippen LogP contribution in [0.15, 0.2) is 5.38 Å². The van der Waals surface area contributed by atoms with E-state index in [4.69, 9.17) is 0 Å². The van der Waals surface area contributed by atoms with Gasteiger partial charge in [-0.2, -0.15) is 0 Å². The molecule has 0 atom stereocenters. The lowest BCUT2D eigenvalue weighted by Crippen LogP contribution is -2.27. The molecule has 0 aromatic carbocycles. The summed E-state index contributed by atoms with van der Waals surface area (Å²) in [6.07, 6.45) is 1.41. The van der Waals surface area contributed by atoms with Crippen LogP contribution in [0, 0.1) is 5.92 Å². The first kappa shape index (κ1) is 15.1. The Morgan fingerprint density at radius 3 is 2.83 bits per heavy atom. The number of rotatable bonds is 7. The average molecular weight is 269 g/mol. The van der Waals surface area contributed by atoms with Gasteiger partial charge in [0.15, 0.2) is 0 Å². The molecular weight excluding hydrogens is 246 g/mol. The molecule has 0 unspecified atom stereocenters. The second-order valence-electron chi connectivity index (χ2n) is 5.18. The summed E-state index contributed by atoms with van der Waals surface area (Å²) in [5.74, 6) is 0.689. The van der Waals surface area contributed by atoms with Crippen molar-refractivity contribution in [1.82, 2.24) is 15.2 Å². The first-order valence-electron chi connectivity index (χ1n) is 6.32. The summed E-state index contributed by atoms with van der Waals surface area (Å²) in [7, 11) is 4.03. The zero-order valence-electron chi connectivity index (χ0n) is 11.7. The van der Waals surface area contributed by atoms with Gasteiger partial charge >= 0.3 is 0 Å².